The Hall–Kier alpha value is -2.00. The number of hydrogen-bond donors (Lipinski definition) is 0. The molecule has 0 saturated heterocycles. The highest BCUT2D eigenvalue weighted by Gasteiger charge is 2.25. The predicted octanol–water partition coefficient (Wildman–Crippen LogP) is 3.57. The molecule has 0 amide bonds. The topological polar surface area (TPSA) is 86.5 Å². The average Bonchev–Trinajstić information content (AvgIpc) is 2.37. The lowest BCUT2D eigenvalue weighted by atomic mass is 10.2. The van der Waals surface area contributed by atoms with Crippen LogP contribution >= 0.6 is 15.9 Å². The number of hydrogen-bond acceptors (Lipinski definition) is 5. The van der Waals surface area contributed by atoms with Gasteiger partial charge < -0.3 is 4.18 Å². The molecule has 0 fully saturated rings. The lowest BCUT2D eigenvalue weighted by molar-refractivity contribution is -0.385. The molecular formula is C13H9BrFNO5S. The Bertz CT molecular complexity index is 854. The van der Waals surface area contributed by atoms with Crippen molar-refractivity contribution in [2.24, 2.45) is 0 Å². The minimum atomic E-state index is -4.35. The zero-order valence-electron chi connectivity index (χ0n) is 11.1. The fraction of sp³-hybridized carbons (Fsp3) is 0.0769. The summed E-state index contributed by atoms with van der Waals surface area (Å²) in [6.45, 7) is 1.76. The molecule has 0 N–H and O–H groups in total. The molecular weight excluding hydrogens is 381 g/mol. The Labute approximate surface area is 133 Å². The first-order valence-corrected chi connectivity index (χ1v) is 8.05. The summed E-state index contributed by atoms with van der Waals surface area (Å²) in [5, 5.41) is 10.9. The highest BCUT2D eigenvalue weighted by molar-refractivity contribution is 9.10. The average molecular weight is 390 g/mol. The largest absolute Gasteiger partial charge is 0.371 e. The van der Waals surface area contributed by atoms with Gasteiger partial charge in [-0.1, -0.05) is 6.07 Å². The fourth-order valence-electron chi connectivity index (χ4n) is 1.68. The predicted molar refractivity (Wildman–Crippen MR) is 79.7 cm³/mol. The van der Waals surface area contributed by atoms with Crippen molar-refractivity contribution in [3.05, 3.63) is 62.4 Å². The van der Waals surface area contributed by atoms with Crippen LogP contribution in [-0.4, -0.2) is 13.3 Å². The number of nitrogens with zero attached hydrogens (tertiary/aromatic N) is 1. The second kappa shape index (κ2) is 6.01. The molecule has 0 unspecified atom stereocenters. The van der Waals surface area contributed by atoms with Crippen LogP contribution < -0.4 is 4.18 Å². The van der Waals surface area contributed by atoms with Gasteiger partial charge in [-0.3, -0.25) is 10.1 Å². The molecule has 0 radical (unpaired) electrons. The lowest BCUT2D eigenvalue weighted by Crippen LogP contribution is -2.12. The number of nitro groups is 1. The second-order valence-electron chi connectivity index (χ2n) is 4.34. The van der Waals surface area contributed by atoms with Crippen molar-refractivity contribution in [1.82, 2.24) is 0 Å². The molecule has 0 aromatic heterocycles. The third-order valence-electron chi connectivity index (χ3n) is 2.67. The normalized spacial score (nSPS) is 11.2. The summed E-state index contributed by atoms with van der Waals surface area (Å²) >= 11 is 3.09. The van der Waals surface area contributed by atoms with Gasteiger partial charge in [-0.25, -0.2) is 4.39 Å². The highest BCUT2D eigenvalue weighted by atomic mass is 79.9. The molecule has 0 atom stereocenters. The Morgan fingerprint density at radius 1 is 1.23 bits per heavy atom. The maximum atomic E-state index is 13.2. The van der Waals surface area contributed by atoms with Crippen molar-refractivity contribution < 1.29 is 21.9 Å². The second-order valence-corrected chi connectivity index (χ2v) is 6.71. The Kier molecular flexibility index (Phi) is 4.47. The van der Waals surface area contributed by atoms with Crippen molar-refractivity contribution >= 4 is 31.7 Å². The van der Waals surface area contributed by atoms with E-state index < -0.39 is 32.3 Å². The fourth-order valence-corrected chi connectivity index (χ4v) is 3.76. The monoisotopic (exact) mass is 389 g/mol. The van der Waals surface area contributed by atoms with Gasteiger partial charge in [0.25, 0.3) is 0 Å². The van der Waals surface area contributed by atoms with Gasteiger partial charge in [0.15, 0.2) is 0 Å². The molecule has 2 aromatic rings. The molecule has 0 aliphatic heterocycles. The van der Waals surface area contributed by atoms with E-state index >= 15 is 0 Å². The first-order valence-electron chi connectivity index (χ1n) is 5.85. The maximum absolute atomic E-state index is 13.2. The number of rotatable bonds is 4. The van der Waals surface area contributed by atoms with Crippen molar-refractivity contribution in [1.29, 1.82) is 0 Å². The summed E-state index contributed by atoms with van der Waals surface area (Å²) in [5.74, 6) is -1.53. The van der Waals surface area contributed by atoms with Gasteiger partial charge in [-0.15, -0.1) is 0 Å². The van der Waals surface area contributed by atoms with Crippen molar-refractivity contribution in [2.45, 2.75) is 11.8 Å². The first-order chi connectivity index (χ1) is 10.2. The quantitative estimate of drug-likeness (QED) is 0.453. The molecule has 2 rings (SSSR count). The number of nitro benzene ring substituents is 1. The molecule has 0 heterocycles. The highest BCUT2D eigenvalue weighted by Crippen LogP contribution is 2.32. The Balaban J connectivity index is 2.49. The Morgan fingerprint density at radius 2 is 1.91 bits per heavy atom. The number of aryl methyl sites for hydroxylation is 1. The summed E-state index contributed by atoms with van der Waals surface area (Å²) in [5.41, 5.74) is 0.163. The summed E-state index contributed by atoms with van der Waals surface area (Å²) in [4.78, 5) is 9.80. The van der Waals surface area contributed by atoms with E-state index in [0.29, 0.717) is 6.07 Å². The summed E-state index contributed by atoms with van der Waals surface area (Å²) < 4.78 is 42.6. The first kappa shape index (κ1) is 16.4. The van der Waals surface area contributed by atoms with Crippen LogP contribution in [-0.2, 0) is 10.1 Å². The number of halogens is 2. The van der Waals surface area contributed by atoms with Crippen molar-refractivity contribution in [3.63, 3.8) is 0 Å². The van der Waals surface area contributed by atoms with E-state index in [1.54, 1.807) is 19.1 Å². The van der Waals surface area contributed by atoms with Gasteiger partial charge in [0.05, 0.1) is 4.92 Å². The van der Waals surface area contributed by atoms with E-state index in [-0.39, 0.29) is 9.37 Å². The zero-order chi connectivity index (χ0) is 16.5. The van der Waals surface area contributed by atoms with Crippen LogP contribution in [0.25, 0.3) is 0 Å². The maximum Gasteiger partial charge on any atom is 0.340 e. The van der Waals surface area contributed by atoms with E-state index in [4.69, 9.17) is 4.18 Å². The van der Waals surface area contributed by atoms with Crippen LogP contribution in [0.15, 0.2) is 45.8 Å². The molecule has 0 saturated carbocycles. The van der Waals surface area contributed by atoms with Crippen molar-refractivity contribution in [3.8, 4) is 5.75 Å². The van der Waals surface area contributed by atoms with E-state index in [2.05, 4.69) is 15.9 Å². The van der Waals surface area contributed by atoms with Crippen LogP contribution in [0.5, 0.6) is 5.75 Å². The van der Waals surface area contributed by atoms with Crippen LogP contribution in [0.2, 0.25) is 0 Å². The SMILES string of the molecule is Cc1ccc(S(=O)(=O)Oc2cc(F)ccc2[N+](=O)[O-])c(Br)c1. The van der Waals surface area contributed by atoms with Crippen LogP contribution in [0.4, 0.5) is 10.1 Å². The van der Waals surface area contributed by atoms with Gasteiger partial charge in [-0.2, -0.15) is 8.42 Å². The molecule has 6 nitrogen and oxygen atoms in total. The minimum absolute atomic E-state index is 0.211. The summed E-state index contributed by atoms with van der Waals surface area (Å²) in [6.07, 6.45) is 0. The third-order valence-corrected chi connectivity index (χ3v) is 4.89. The molecule has 22 heavy (non-hydrogen) atoms. The molecule has 0 spiro atoms. The molecule has 0 bridgehead atoms. The summed E-state index contributed by atoms with van der Waals surface area (Å²) in [6, 6.07) is 6.72. The standard InChI is InChI=1S/C13H9BrFNO5S/c1-8-2-5-13(10(14)6-8)22(19,20)21-12-7-9(15)3-4-11(12)16(17)18/h2-7H,1H3. The molecule has 9 heteroatoms. The lowest BCUT2D eigenvalue weighted by Gasteiger charge is -2.09. The number of benzene rings is 2. The van der Waals surface area contributed by atoms with Crippen molar-refractivity contribution in [2.75, 3.05) is 0 Å². The van der Waals surface area contributed by atoms with Gasteiger partial charge in [-0.05, 0) is 46.6 Å². The van der Waals surface area contributed by atoms with Gasteiger partial charge >= 0.3 is 15.8 Å². The van der Waals surface area contributed by atoms with E-state index in [0.717, 1.165) is 17.7 Å². The molecule has 116 valence electrons. The third kappa shape index (κ3) is 3.42. The Morgan fingerprint density at radius 3 is 2.50 bits per heavy atom. The van der Waals surface area contributed by atoms with E-state index in [1.165, 1.54) is 6.07 Å². The summed E-state index contributed by atoms with van der Waals surface area (Å²) in [7, 11) is -4.35. The van der Waals surface area contributed by atoms with Gasteiger partial charge in [0.2, 0.25) is 5.75 Å². The van der Waals surface area contributed by atoms with Crippen LogP contribution in [0.1, 0.15) is 5.56 Å². The minimum Gasteiger partial charge on any atom is -0.371 e. The smallest absolute Gasteiger partial charge is 0.340 e. The zero-order valence-corrected chi connectivity index (χ0v) is 13.5. The molecule has 0 aliphatic carbocycles. The van der Waals surface area contributed by atoms with Crippen LogP contribution in [0, 0.1) is 22.9 Å². The van der Waals surface area contributed by atoms with Gasteiger partial charge in [0, 0.05) is 16.6 Å². The molecule has 2 aromatic carbocycles. The van der Waals surface area contributed by atoms with E-state index in [9.17, 15) is 22.9 Å². The van der Waals surface area contributed by atoms with E-state index in [1.807, 2.05) is 0 Å². The molecule has 0 aliphatic rings. The van der Waals surface area contributed by atoms with Crippen LogP contribution in [0.3, 0.4) is 0 Å². The van der Waals surface area contributed by atoms with Gasteiger partial charge in [0.1, 0.15) is 10.7 Å².